The third-order valence-corrected chi connectivity index (χ3v) is 5.02. The Labute approximate surface area is 178 Å². The number of hydrazone groups is 1. The van der Waals surface area contributed by atoms with Crippen molar-refractivity contribution >= 4 is 29.4 Å². The lowest BCUT2D eigenvalue weighted by Gasteiger charge is -2.30. The van der Waals surface area contributed by atoms with Crippen molar-refractivity contribution in [3.63, 3.8) is 0 Å². The van der Waals surface area contributed by atoms with E-state index >= 15 is 0 Å². The average Bonchev–Trinajstić information content (AvgIpc) is 2.81. The molecule has 2 fully saturated rings. The Hall–Kier alpha value is -2.90. The van der Waals surface area contributed by atoms with Gasteiger partial charge < -0.3 is 24.5 Å². The van der Waals surface area contributed by atoms with Gasteiger partial charge in [-0.15, -0.1) is 0 Å². The number of halogens is 1. The van der Waals surface area contributed by atoms with Crippen LogP contribution in [0, 0.1) is 11.0 Å². The van der Waals surface area contributed by atoms with Gasteiger partial charge in [-0.3, -0.25) is 0 Å². The SMILES string of the molecule is [O-][NH+](O)c1cc(/C=N\Nc2ncc(F)c(N3CCOCC3)n2)ccc1N1CCOCC1. The zero-order chi connectivity index (χ0) is 21.6. The third-order valence-electron chi connectivity index (χ3n) is 5.02. The largest absolute Gasteiger partial charge is 0.595 e. The lowest BCUT2D eigenvalue weighted by atomic mass is 10.1. The van der Waals surface area contributed by atoms with Crippen molar-refractivity contribution in [2.24, 2.45) is 5.10 Å². The summed E-state index contributed by atoms with van der Waals surface area (Å²) in [6.45, 7) is 4.53. The van der Waals surface area contributed by atoms with Crippen LogP contribution in [-0.4, -0.2) is 74.0 Å². The average molecular weight is 433 g/mol. The fraction of sp³-hybridized carbons (Fsp3) is 0.421. The predicted molar refractivity (Wildman–Crippen MR) is 111 cm³/mol. The van der Waals surface area contributed by atoms with Crippen molar-refractivity contribution in [3.8, 4) is 0 Å². The Bertz CT molecular complexity index is 918. The highest BCUT2D eigenvalue weighted by Gasteiger charge is 2.19. The van der Waals surface area contributed by atoms with Crippen LogP contribution in [0.3, 0.4) is 0 Å². The normalized spacial score (nSPS) is 18.4. The number of anilines is 3. The molecule has 2 aliphatic rings. The molecule has 12 heteroatoms. The van der Waals surface area contributed by atoms with Gasteiger partial charge in [-0.25, -0.2) is 20.0 Å². The molecule has 2 aromatic rings. The first kappa shape index (κ1) is 21.3. The van der Waals surface area contributed by atoms with Gasteiger partial charge in [0.25, 0.3) is 0 Å². The maximum atomic E-state index is 14.1. The van der Waals surface area contributed by atoms with Crippen molar-refractivity contribution in [1.29, 1.82) is 0 Å². The van der Waals surface area contributed by atoms with Crippen LogP contribution in [0.4, 0.5) is 27.5 Å². The number of nitrogens with one attached hydrogen (secondary N) is 2. The van der Waals surface area contributed by atoms with E-state index in [1.54, 1.807) is 23.1 Å². The van der Waals surface area contributed by atoms with Crippen LogP contribution in [0.15, 0.2) is 29.5 Å². The molecule has 1 aromatic heterocycles. The van der Waals surface area contributed by atoms with Crippen LogP contribution in [0.25, 0.3) is 0 Å². The van der Waals surface area contributed by atoms with Gasteiger partial charge in [-0.05, 0) is 6.07 Å². The number of benzene rings is 1. The Morgan fingerprint density at radius 2 is 1.81 bits per heavy atom. The Morgan fingerprint density at radius 3 is 2.48 bits per heavy atom. The number of nitrogens with zero attached hydrogens (tertiary/aromatic N) is 5. The molecule has 0 amide bonds. The molecule has 2 aliphatic heterocycles. The molecule has 0 radical (unpaired) electrons. The van der Waals surface area contributed by atoms with E-state index in [4.69, 9.17) is 9.47 Å². The van der Waals surface area contributed by atoms with E-state index in [9.17, 15) is 14.8 Å². The summed E-state index contributed by atoms with van der Waals surface area (Å²) in [7, 11) is 0. The number of rotatable bonds is 6. The van der Waals surface area contributed by atoms with Gasteiger partial charge >= 0.3 is 0 Å². The summed E-state index contributed by atoms with van der Waals surface area (Å²) in [6.07, 6.45) is 2.56. The molecule has 166 valence electrons. The molecule has 2 saturated heterocycles. The van der Waals surface area contributed by atoms with Crippen LogP contribution in [0.1, 0.15) is 5.56 Å². The van der Waals surface area contributed by atoms with Crippen molar-refractivity contribution in [3.05, 3.63) is 41.0 Å². The molecule has 0 aliphatic carbocycles. The van der Waals surface area contributed by atoms with E-state index in [2.05, 4.69) is 20.5 Å². The Balaban J connectivity index is 1.46. The molecule has 1 aromatic carbocycles. The predicted octanol–water partition coefficient (Wildman–Crippen LogP) is 0.138. The van der Waals surface area contributed by atoms with Gasteiger partial charge in [0.05, 0.1) is 38.8 Å². The minimum absolute atomic E-state index is 0.141. The van der Waals surface area contributed by atoms with Crippen LogP contribution in [-0.2, 0) is 9.47 Å². The zero-order valence-corrected chi connectivity index (χ0v) is 16.8. The zero-order valence-electron chi connectivity index (χ0n) is 16.8. The van der Waals surface area contributed by atoms with Crippen LogP contribution < -0.4 is 20.5 Å². The number of ether oxygens (including phenoxy) is 2. The summed E-state index contributed by atoms with van der Waals surface area (Å²) in [5.41, 5.74) is 4.11. The maximum Gasteiger partial charge on any atom is 0.245 e. The highest BCUT2D eigenvalue weighted by Crippen LogP contribution is 2.24. The van der Waals surface area contributed by atoms with Gasteiger partial charge in [-0.2, -0.15) is 15.3 Å². The van der Waals surface area contributed by atoms with E-state index in [-0.39, 0.29) is 17.5 Å². The molecule has 0 spiro atoms. The molecule has 0 bridgehead atoms. The molecular weight excluding hydrogens is 409 g/mol. The molecule has 0 saturated carbocycles. The van der Waals surface area contributed by atoms with E-state index in [0.717, 1.165) is 6.20 Å². The first-order chi connectivity index (χ1) is 15.1. The smallest absolute Gasteiger partial charge is 0.245 e. The standard InChI is InChI=1S/C19H24FN7O4/c20-15-13-21-19(23-18(15)26-5-9-31-10-6-26)24-22-12-14-1-2-16(17(11-14)27(28)29)25-3-7-30-8-4-25/h1-2,11-13,27-28H,3-10H2,(H,21,23,24)/b22-12-. The maximum absolute atomic E-state index is 14.1. The first-order valence-electron chi connectivity index (χ1n) is 9.96. The van der Waals surface area contributed by atoms with Crippen LogP contribution >= 0.6 is 0 Å². The Morgan fingerprint density at radius 1 is 1.13 bits per heavy atom. The van der Waals surface area contributed by atoms with Gasteiger partial charge in [0.2, 0.25) is 5.95 Å². The van der Waals surface area contributed by atoms with Crippen LogP contribution in [0.2, 0.25) is 0 Å². The summed E-state index contributed by atoms with van der Waals surface area (Å²) >= 11 is 0. The molecule has 11 nitrogen and oxygen atoms in total. The van der Waals surface area contributed by atoms with Gasteiger partial charge in [0, 0.05) is 37.8 Å². The van der Waals surface area contributed by atoms with Crippen LogP contribution in [0.5, 0.6) is 0 Å². The minimum Gasteiger partial charge on any atom is -0.595 e. The van der Waals surface area contributed by atoms with Gasteiger partial charge in [-0.1, -0.05) is 6.07 Å². The topological polar surface area (TPSA) is 123 Å². The summed E-state index contributed by atoms with van der Waals surface area (Å²) in [5, 5.41) is 24.4. The fourth-order valence-corrected chi connectivity index (χ4v) is 3.46. The molecule has 4 rings (SSSR count). The summed E-state index contributed by atoms with van der Waals surface area (Å²) < 4.78 is 24.7. The molecule has 3 N–H and O–H groups in total. The third kappa shape index (κ3) is 5.24. The number of aromatic nitrogens is 2. The van der Waals surface area contributed by atoms with Crippen molar-refractivity contribution in [2.45, 2.75) is 0 Å². The second-order valence-corrected chi connectivity index (χ2v) is 7.02. The molecule has 1 atom stereocenters. The van der Waals surface area contributed by atoms with Crippen molar-refractivity contribution in [1.82, 2.24) is 9.97 Å². The van der Waals surface area contributed by atoms with Gasteiger partial charge in [0.15, 0.2) is 17.3 Å². The van der Waals surface area contributed by atoms with E-state index in [1.807, 2.05) is 4.90 Å². The van der Waals surface area contributed by atoms with Gasteiger partial charge in [0.1, 0.15) is 5.69 Å². The molecule has 31 heavy (non-hydrogen) atoms. The van der Waals surface area contributed by atoms with Crippen molar-refractivity contribution < 1.29 is 24.3 Å². The minimum atomic E-state index is -1.01. The van der Waals surface area contributed by atoms with E-state index in [0.29, 0.717) is 63.9 Å². The highest BCUT2D eigenvalue weighted by atomic mass is 19.1. The summed E-state index contributed by atoms with van der Waals surface area (Å²) in [6, 6.07) is 5.11. The lowest BCUT2D eigenvalue weighted by Crippen LogP contribution is -2.99. The number of morpholine rings is 2. The van der Waals surface area contributed by atoms with Crippen molar-refractivity contribution in [2.75, 3.05) is 67.8 Å². The quantitative estimate of drug-likeness (QED) is 0.431. The van der Waals surface area contributed by atoms with E-state index in [1.165, 1.54) is 6.21 Å². The number of quaternary nitrogens is 1. The second kappa shape index (κ2) is 9.94. The number of hydrogen-bond acceptors (Lipinski definition) is 10. The lowest BCUT2D eigenvalue weighted by molar-refractivity contribution is -0.990. The van der Waals surface area contributed by atoms with E-state index < -0.39 is 11.0 Å². The summed E-state index contributed by atoms with van der Waals surface area (Å²) in [5.74, 6) is -0.178. The fourth-order valence-electron chi connectivity index (χ4n) is 3.46. The second-order valence-electron chi connectivity index (χ2n) is 7.02. The highest BCUT2D eigenvalue weighted by molar-refractivity contribution is 5.83. The summed E-state index contributed by atoms with van der Waals surface area (Å²) in [4.78, 5) is 11.9. The molecule has 3 heterocycles. The monoisotopic (exact) mass is 433 g/mol. The number of hydrogen-bond donors (Lipinski definition) is 3. The Kier molecular flexibility index (Phi) is 6.84. The molecule has 1 unspecified atom stereocenters. The molecular formula is C19H24FN7O4. The first-order valence-corrected chi connectivity index (χ1v) is 9.96.